The molecule has 3 aromatic rings. The number of hydrogen-bond acceptors (Lipinski definition) is 3. The number of nitrogens with zero attached hydrogens (tertiary/aromatic N) is 1. The van der Waals surface area contributed by atoms with Gasteiger partial charge >= 0.3 is 0 Å². The molecule has 0 atom stereocenters. The van der Waals surface area contributed by atoms with E-state index in [-0.39, 0.29) is 20.5 Å². The van der Waals surface area contributed by atoms with Crippen molar-refractivity contribution in [1.29, 1.82) is 0 Å². The molecule has 128 valence electrons. The predicted molar refractivity (Wildman–Crippen MR) is 91.6 cm³/mol. The number of carbonyl (C=O) groups excluding carboxylic acids is 1. The van der Waals surface area contributed by atoms with E-state index >= 15 is 0 Å². The molecule has 1 aromatic heterocycles. The first-order valence-electron chi connectivity index (χ1n) is 7.05. The van der Waals surface area contributed by atoms with E-state index in [1.54, 1.807) is 6.92 Å². The Bertz CT molecular complexity index is 954. The van der Waals surface area contributed by atoms with Crippen LogP contribution in [0.1, 0.15) is 15.4 Å². The molecule has 1 heterocycles. The van der Waals surface area contributed by atoms with Gasteiger partial charge in [0, 0.05) is 5.69 Å². The Balaban J connectivity index is 1.92. The molecular weight excluding hydrogens is 373 g/mol. The lowest BCUT2D eigenvalue weighted by molar-refractivity contribution is 0.103. The average molecular weight is 383 g/mol. The predicted octanol–water partition coefficient (Wildman–Crippen LogP) is 5.44. The molecule has 0 spiro atoms. The van der Waals surface area contributed by atoms with Gasteiger partial charge in [0.15, 0.2) is 0 Å². The van der Waals surface area contributed by atoms with Crippen molar-refractivity contribution in [3.8, 4) is 10.6 Å². The van der Waals surface area contributed by atoms with Crippen LogP contribution in [0.15, 0.2) is 36.4 Å². The Morgan fingerprint density at radius 2 is 1.80 bits per heavy atom. The third-order valence-corrected chi connectivity index (χ3v) is 4.82. The van der Waals surface area contributed by atoms with Gasteiger partial charge in [0.25, 0.3) is 5.91 Å². The molecule has 0 unspecified atom stereocenters. The number of nitrogens with one attached hydrogen (secondary N) is 1. The van der Waals surface area contributed by atoms with E-state index in [0.717, 1.165) is 29.5 Å². The average Bonchev–Trinajstić information content (AvgIpc) is 2.92. The van der Waals surface area contributed by atoms with E-state index < -0.39 is 23.4 Å². The maximum atomic E-state index is 13.9. The number of carbonyl (C=O) groups is 1. The van der Waals surface area contributed by atoms with E-state index in [9.17, 15) is 18.0 Å². The van der Waals surface area contributed by atoms with Crippen molar-refractivity contribution in [2.75, 3.05) is 5.32 Å². The smallest absolute Gasteiger partial charge is 0.267 e. The van der Waals surface area contributed by atoms with Gasteiger partial charge in [-0.05, 0) is 37.3 Å². The molecule has 3 rings (SSSR count). The fourth-order valence-corrected chi connectivity index (χ4v) is 3.37. The summed E-state index contributed by atoms with van der Waals surface area (Å²) in [6.07, 6.45) is 0. The summed E-state index contributed by atoms with van der Waals surface area (Å²) in [7, 11) is 0. The van der Waals surface area contributed by atoms with E-state index in [4.69, 9.17) is 11.6 Å². The summed E-state index contributed by atoms with van der Waals surface area (Å²) in [6.45, 7) is 1.56. The van der Waals surface area contributed by atoms with Gasteiger partial charge in [-0.2, -0.15) is 0 Å². The fraction of sp³-hybridized carbons (Fsp3) is 0.0588. The summed E-state index contributed by atoms with van der Waals surface area (Å²) in [6, 6.07) is 7.23. The van der Waals surface area contributed by atoms with Crippen molar-refractivity contribution in [3.63, 3.8) is 0 Å². The number of hydrogen-bond donors (Lipinski definition) is 1. The number of halogens is 4. The van der Waals surface area contributed by atoms with Crippen molar-refractivity contribution in [1.82, 2.24) is 4.98 Å². The summed E-state index contributed by atoms with van der Waals surface area (Å²) in [4.78, 5) is 16.7. The summed E-state index contributed by atoms with van der Waals surface area (Å²) in [5, 5.41) is 2.49. The first-order valence-corrected chi connectivity index (χ1v) is 8.24. The SMILES string of the molecule is Cc1nc(-c2c(F)cccc2F)sc1C(=O)Nc1ccc(F)c(Cl)c1. The van der Waals surface area contributed by atoms with Crippen molar-refractivity contribution >= 4 is 34.5 Å². The van der Waals surface area contributed by atoms with E-state index in [2.05, 4.69) is 10.3 Å². The van der Waals surface area contributed by atoms with Crippen LogP contribution in [0.5, 0.6) is 0 Å². The van der Waals surface area contributed by atoms with Gasteiger partial charge in [0.2, 0.25) is 0 Å². The highest BCUT2D eigenvalue weighted by molar-refractivity contribution is 7.17. The number of benzene rings is 2. The maximum absolute atomic E-state index is 13.9. The number of amides is 1. The number of anilines is 1. The molecule has 2 aromatic carbocycles. The minimum Gasteiger partial charge on any atom is -0.321 e. The van der Waals surface area contributed by atoms with Crippen LogP contribution in [0.3, 0.4) is 0 Å². The van der Waals surface area contributed by atoms with Crippen molar-refractivity contribution in [2.24, 2.45) is 0 Å². The topological polar surface area (TPSA) is 42.0 Å². The van der Waals surface area contributed by atoms with Gasteiger partial charge in [0.1, 0.15) is 27.3 Å². The van der Waals surface area contributed by atoms with Crippen LogP contribution in [-0.4, -0.2) is 10.9 Å². The number of aromatic nitrogens is 1. The minimum absolute atomic E-state index is 0.0652. The molecule has 0 saturated carbocycles. The molecule has 1 amide bonds. The van der Waals surface area contributed by atoms with Crippen LogP contribution in [0.25, 0.3) is 10.6 Å². The Morgan fingerprint density at radius 1 is 1.12 bits per heavy atom. The van der Waals surface area contributed by atoms with Crippen LogP contribution in [0.2, 0.25) is 5.02 Å². The van der Waals surface area contributed by atoms with Gasteiger partial charge in [-0.15, -0.1) is 11.3 Å². The molecule has 3 nitrogen and oxygen atoms in total. The highest BCUT2D eigenvalue weighted by atomic mass is 35.5. The molecule has 0 radical (unpaired) electrons. The second-order valence-electron chi connectivity index (χ2n) is 5.11. The lowest BCUT2D eigenvalue weighted by Gasteiger charge is -2.04. The van der Waals surface area contributed by atoms with Crippen molar-refractivity contribution in [3.05, 3.63) is 69.4 Å². The number of thiazole rings is 1. The fourth-order valence-electron chi connectivity index (χ4n) is 2.18. The quantitative estimate of drug-likeness (QED) is 0.655. The highest BCUT2D eigenvalue weighted by Gasteiger charge is 2.20. The largest absolute Gasteiger partial charge is 0.321 e. The van der Waals surface area contributed by atoms with Gasteiger partial charge in [0.05, 0.1) is 16.3 Å². The maximum Gasteiger partial charge on any atom is 0.267 e. The van der Waals surface area contributed by atoms with Gasteiger partial charge < -0.3 is 5.32 Å². The third kappa shape index (κ3) is 3.52. The number of aryl methyl sites for hydroxylation is 1. The van der Waals surface area contributed by atoms with Crippen LogP contribution in [-0.2, 0) is 0 Å². The molecule has 0 fully saturated rings. The molecule has 25 heavy (non-hydrogen) atoms. The number of rotatable bonds is 3. The van der Waals surface area contributed by atoms with E-state index in [1.165, 1.54) is 18.2 Å². The third-order valence-electron chi connectivity index (χ3n) is 3.36. The van der Waals surface area contributed by atoms with Gasteiger partial charge in [-0.25, -0.2) is 18.2 Å². The molecule has 8 heteroatoms. The van der Waals surface area contributed by atoms with Crippen LogP contribution >= 0.6 is 22.9 Å². The van der Waals surface area contributed by atoms with Gasteiger partial charge in [-0.3, -0.25) is 4.79 Å². The van der Waals surface area contributed by atoms with Crippen LogP contribution < -0.4 is 5.32 Å². The zero-order chi connectivity index (χ0) is 18.1. The second kappa shape index (κ2) is 6.85. The Kier molecular flexibility index (Phi) is 4.78. The summed E-state index contributed by atoms with van der Waals surface area (Å²) in [5.74, 6) is -2.65. The molecule has 0 aliphatic carbocycles. The Hall–Kier alpha value is -2.38. The van der Waals surface area contributed by atoms with Crippen molar-refractivity contribution in [2.45, 2.75) is 6.92 Å². The standard InChI is InChI=1S/C17H10ClF3N2OS/c1-8-15(16(24)23-9-5-6-11(19)10(18)7-9)25-17(22-8)14-12(20)3-2-4-13(14)21/h2-7H,1H3,(H,23,24). The Labute approximate surface area is 150 Å². The minimum atomic E-state index is -0.758. The van der Waals surface area contributed by atoms with Crippen molar-refractivity contribution < 1.29 is 18.0 Å². The summed E-state index contributed by atoms with van der Waals surface area (Å²) in [5.41, 5.74) is 0.343. The zero-order valence-corrected chi connectivity index (χ0v) is 14.3. The molecule has 0 bridgehead atoms. The van der Waals surface area contributed by atoms with E-state index in [0.29, 0.717) is 11.4 Å². The normalized spacial score (nSPS) is 10.8. The lowest BCUT2D eigenvalue weighted by atomic mass is 10.2. The first kappa shape index (κ1) is 17.4. The molecular formula is C17H10ClF3N2OS. The van der Waals surface area contributed by atoms with Crippen LogP contribution in [0.4, 0.5) is 18.9 Å². The van der Waals surface area contributed by atoms with E-state index in [1.807, 2.05) is 0 Å². The first-order chi connectivity index (χ1) is 11.9. The van der Waals surface area contributed by atoms with Gasteiger partial charge in [-0.1, -0.05) is 17.7 Å². The Morgan fingerprint density at radius 3 is 2.44 bits per heavy atom. The second-order valence-corrected chi connectivity index (χ2v) is 6.52. The van der Waals surface area contributed by atoms with Crippen LogP contribution in [0, 0.1) is 24.4 Å². The molecule has 0 aliphatic rings. The lowest BCUT2D eigenvalue weighted by Crippen LogP contribution is -2.11. The summed E-state index contributed by atoms with van der Waals surface area (Å²) < 4.78 is 40.9. The monoisotopic (exact) mass is 382 g/mol. The summed E-state index contributed by atoms with van der Waals surface area (Å²) >= 11 is 6.54. The molecule has 1 N–H and O–H groups in total. The molecule has 0 aliphatic heterocycles. The highest BCUT2D eigenvalue weighted by Crippen LogP contribution is 2.32. The molecule has 0 saturated heterocycles. The zero-order valence-electron chi connectivity index (χ0n) is 12.7.